The van der Waals surface area contributed by atoms with E-state index in [1.54, 1.807) is 12.3 Å². The molecule has 0 saturated carbocycles. The zero-order chi connectivity index (χ0) is 13.9. The van der Waals surface area contributed by atoms with Gasteiger partial charge in [0.15, 0.2) is 0 Å². The number of aromatic nitrogens is 2. The Kier molecular flexibility index (Phi) is 3.01. The van der Waals surface area contributed by atoms with Gasteiger partial charge in [0.1, 0.15) is 5.82 Å². The lowest BCUT2D eigenvalue weighted by Crippen LogP contribution is -1.99. The fraction of sp³-hybridized carbons (Fsp3) is 0. The lowest BCUT2D eigenvalue weighted by Gasteiger charge is -2.08. The van der Waals surface area contributed by atoms with Crippen LogP contribution in [-0.4, -0.2) is 21.0 Å². The third-order valence-electron chi connectivity index (χ3n) is 2.92. The zero-order valence-corrected chi connectivity index (χ0v) is 10.4. The molecule has 0 aliphatic heterocycles. The van der Waals surface area contributed by atoms with Gasteiger partial charge >= 0.3 is 5.97 Å². The van der Waals surface area contributed by atoms with E-state index in [0.29, 0.717) is 5.82 Å². The van der Waals surface area contributed by atoms with E-state index in [4.69, 9.17) is 5.11 Å². The largest absolute Gasteiger partial charge is 0.478 e. The molecule has 0 bridgehead atoms. The van der Waals surface area contributed by atoms with Gasteiger partial charge in [-0.25, -0.2) is 9.78 Å². The van der Waals surface area contributed by atoms with Crippen LogP contribution in [-0.2, 0) is 0 Å². The molecule has 0 unspecified atom stereocenters. The Labute approximate surface area is 114 Å². The standard InChI is InChI=1S/C15H11N3O2/c19-15(20)10-6-7-14(17-9-10)18-13-5-1-4-12-11(13)3-2-8-16-12/h1-9H,(H,17,18)(H,19,20). The third kappa shape index (κ3) is 2.29. The number of carbonyl (C=O) groups is 1. The molecule has 0 fully saturated rings. The van der Waals surface area contributed by atoms with Crippen molar-refractivity contribution >= 4 is 28.4 Å². The Morgan fingerprint density at radius 1 is 1.05 bits per heavy atom. The first-order valence-electron chi connectivity index (χ1n) is 6.04. The van der Waals surface area contributed by atoms with E-state index in [1.165, 1.54) is 12.3 Å². The molecule has 0 saturated heterocycles. The van der Waals surface area contributed by atoms with E-state index in [9.17, 15) is 4.79 Å². The minimum atomic E-state index is -0.988. The van der Waals surface area contributed by atoms with Crippen LogP contribution in [0.5, 0.6) is 0 Å². The van der Waals surface area contributed by atoms with E-state index >= 15 is 0 Å². The summed E-state index contributed by atoms with van der Waals surface area (Å²) in [6.45, 7) is 0. The number of benzene rings is 1. The van der Waals surface area contributed by atoms with E-state index in [2.05, 4.69) is 15.3 Å². The molecule has 2 heterocycles. The molecule has 1 aromatic carbocycles. The highest BCUT2D eigenvalue weighted by molar-refractivity contribution is 5.93. The predicted octanol–water partition coefficient (Wildman–Crippen LogP) is 3.07. The molecule has 3 rings (SSSR count). The van der Waals surface area contributed by atoms with Gasteiger partial charge in [0, 0.05) is 23.5 Å². The Bertz CT molecular complexity index is 764. The molecule has 3 aromatic rings. The second-order valence-corrected chi connectivity index (χ2v) is 4.24. The molecule has 0 aliphatic carbocycles. The molecule has 0 spiro atoms. The molecule has 0 atom stereocenters. The van der Waals surface area contributed by atoms with Crippen LogP contribution in [0.3, 0.4) is 0 Å². The van der Waals surface area contributed by atoms with Crippen LogP contribution in [0, 0.1) is 0 Å². The fourth-order valence-electron chi connectivity index (χ4n) is 1.94. The molecular weight excluding hydrogens is 254 g/mol. The minimum absolute atomic E-state index is 0.162. The lowest BCUT2D eigenvalue weighted by atomic mass is 10.2. The van der Waals surface area contributed by atoms with Gasteiger partial charge in [-0.1, -0.05) is 6.07 Å². The van der Waals surface area contributed by atoms with E-state index in [-0.39, 0.29) is 5.56 Å². The summed E-state index contributed by atoms with van der Waals surface area (Å²) in [5.41, 5.74) is 1.93. The number of fused-ring (bicyclic) bond motifs is 1. The maximum Gasteiger partial charge on any atom is 0.337 e. The molecule has 5 nitrogen and oxygen atoms in total. The zero-order valence-electron chi connectivity index (χ0n) is 10.4. The van der Waals surface area contributed by atoms with Crippen molar-refractivity contribution in [2.45, 2.75) is 0 Å². The first kappa shape index (κ1) is 12.1. The number of anilines is 2. The predicted molar refractivity (Wildman–Crippen MR) is 76.2 cm³/mol. The second-order valence-electron chi connectivity index (χ2n) is 4.24. The lowest BCUT2D eigenvalue weighted by molar-refractivity contribution is 0.0696. The van der Waals surface area contributed by atoms with Gasteiger partial charge in [-0.2, -0.15) is 0 Å². The number of pyridine rings is 2. The molecule has 20 heavy (non-hydrogen) atoms. The van der Waals surface area contributed by atoms with Gasteiger partial charge < -0.3 is 10.4 Å². The van der Waals surface area contributed by atoms with Crippen LogP contribution in [0.15, 0.2) is 54.9 Å². The van der Waals surface area contributed by atoms with Crippen molar-refractivity contribution < 1.29 is 9.90 Å². The van der Waals surface area contributed by atoms with Gasteiger partial charge in [-0.15, -0.1) is 0 Å². The minimum Gasteiger partial charge on any atom is -0.478 e. The monoisotopic (exact) mass is 265 g/mol. The number of aromatic carboxylic acids is 1. The highest BCUT2D eigenvalue weighted by atomic mass is 16.4. The van der Waals surface area contributed by atoms with Crippen LogP contribution in [0.2, 0.25) is 0 Å². The number of carboxylic acids is 1. The SMILES string of the molecule is O=C(O)c1ccc(Nc2cccc3ncccc23)nc1. The Morgan fingerprint density at radius 2 is 1.95 bits per heavy atom. The topological polar surface area (TPSA) is 75.1 Å². The van der Waals surface area contributed by atoms with Crippen molar-refractivity contribution in [1.82, 2.24) is 9.97 Å². The quantitative estimate of drug-likeness (QED) is 0.761. The number of rotatable bonds is 3. The average Bonchev–Trinajstić information content (AvgIpc) is 2.48. The highest BCUT2D eigenvalue weighted by Crippen LogP contribution is 2.24. The van der Waals surface area contributed by atoms with Gasteiger partial charge in [-0.3, -0.25) is 4.98 Å². The summed E-state index contributed by atoms with van der Waals surface area (Å²) >= 11 is 0. The van der Waals surface area contributed by atoms with E-state index < -0.39 is 5.97 Å². The first-order valence-corrected chi connectivity index (χ1v) is 6.04. The van der Waals surface area contributed by atoms with Crippen molar-refractivity contribution in [3.05, 3.63) is 60.4 Å². The molecular formula is C15H11N3O2. The summed E-state index contributed by atoms with van der Waals surface area (Å²) in [6.07, 6.45) is 3.07. The molecule has 98 valence electrons. The van der Waals surface area contributed by atoms with E-state index in [0.717, 1.165) is 16.6 Å². The van der Waals surface area contributed by atoms with Gasteiger partial charge in [0.05, 0.1) is 11.1 Å². The van der Waals surface area contributed by atoms with Crippen molar-refractivity contribution in [3.63, 3.8) is 0 Å². The van der Waals surface area contributed by atoms with Crippen molar-refractivity contribution in [2.75, 3.05) is 5.32 Å². The Morgan fingerprint density at radius 3 is 2.70 bits per heavy atom. The van der Waals surface area contributed by atoms with E-state index in [1.807, 2.05) is 30.3 Å². The molecule has 0 radical (unpaired) electrons. The number of carboxylic acid groups (broad SMARTS) is 1. The Balaban J connectivity index is 1.95. The summed E-state index contributed by atoms with van der Waals surface area (Å²) in [5.74, 6) is -0.398. The number of nitrogens with zero attached hydrogens (tertiary/aromatic N) is 2. The van der Waals surface area contributed by atoms with Crippen molar-refractivity contribution in [1.29, 1.82) is 0 Å². The molecule has 2 aromatic heterocycles. The van der Waals surface area contributed by atoms with Crippen molar-refractivity contribution in [3.8, 4) is 0 Å². The highest BCUT2D eigenvalue weighted by Gasteiger charge is 2.05. The first-order chi connectivity index (χ1) is 9.74. The van der Waals surface area contributed by atoms with Crippen LogP contribution < -0.4 is 5.32 Å². The summed E-state index contributed by atoms with van der Waals surface area (Å²) in [7, 11) is 0. The second kappa shape index (κ2) is 4.97. The Hall–Kier alpha value is -2.95. The molecule has 0 amide bonds. The summed E-state index contributed by atoms with van der Waals surface area (Å²) in [4.78, 5) is 19.1. The van der Waals surface area contributed by atoms with Gasteiger partial charge in [0.2, 0.25) is 0 Å². The molecule has 5 heteroatoms. The maximum atomic E-state index is 10.8. The van der Waals surface area contributed by atoms with Crippen LogP contribution in [0.1, 0.15) is 10.4 Å². The number of hydrogen-bond acceptors (Lipinski definition) is 4. The fourth-order valence-corrected chi connectivity index (χ4v) is 1.94. The molecule has 0 aliphatic rings. The average molecular weight is 265 g/mol. The van der Waals surface area contributed by atoms with Crippen LogP contribution in [0.4, 0.5) is 11.5 Å². The maximum absolute atomic E-state index is 10.8. The smallest absolute Gasteiger partial charge is 0.337 e. The molecule has 2 N–H and O–H groups in total. The van der Waals surface area contributed by atoms with Gasteiger partial charge in [0.25, 0.3) is 0 Å². The summed E-state index contributed by atoms with van der Waals surface area (Å²) in [5, 5.41) is 13.0. The summed E-state index contributed by atoms with van der Waals surface area (Å²) in [6, 6.07) is 12.8. The third-order valence-corrected chi connectivity index (χ3v) is 2.92. The normalized spacial score (nSPS) is 10.4. The number of nitrogens with one attached hydrogen (secondary N) is 1. The van der Waals surface area contributed by atoms with Gasteiger partial charge in [-0.05, 0) is 36.4 Å². The van der Waals surface area contributed by atoms with Crippen LogP contribution in [0.25, 0.3) is 10.9 Å². The number of hydrogen-bond donors (Lipinski definition) is 2. The summed E-state index contributed by atoms with van der Waals surface area (Å²) < 4.78 is 0. The van der Waals surface area contributed by atoms with Crippen LogP contribution >= 0.6 is 0 Å². The van der Waals surface area contributed by atoms with Crippen molar-refractivity contribution in [2.24, 2.45) is 0 Å².